The molecular formula is C25H30N4O4. The van der Waals surface area contributed by atoms with Crippen LogP contribution in [0.3, 0.4) is 0 Å². The third kappa shape index (κ3) is 5.08. The maximum absolute atomic E-state index is 13.3. The minimum Gasteiger partial charge on any atom is -0.477 e. The van der Waals surface area contributed by atoms with Crippen LogP contribution in [-0.4, -0.2) is 35.5 Å². The number of anilines is 1. The van der Waals surface area contributed by atoms with Gasteiger partial charge in [0.15, 0.2) is 6.10 Å². The van der Waals surface area contributed by atoms with Crippen molar-refractivity contribution in [3.8, 4) is 11.8 Å². The minimum atomic E-state index is -0.800. The molecule has 0 radical (unpaired) electrons. The summed E-state index contributed by atoms with van der Waals surface area (Å²) in [6, 6.07) is 9.17. The number of aromatic nitrogens is 1. The molecule has 33 heavy (non-hydrogen) atoms. The number of hydrogen-bond donors (Lipinski definition) is 2. The summed E-state index contributed by atoms with van der Waals surface area (Å²) in [6.07, 6.45) is 1.36. The summed E-state index contributed by atoms with van der Waals surface area (Å²) >= 11 is 0. The third-order valence-corrected chi connectivity index (χ3v) is 6.21. The van der Waals surface area contributed by atoms with E-state index in [9.17, 15) is 19.6 Å². The molecular weight excluding hydrogens is 420 g/mol. The van der Waals surface area contributed by atoms with E-state index in [2.05, 4.69) is 10.3 Å². The van der Waals surface area contributed by atoms with Gasteiger partial charge >= 0.3 is 0 Å². The number of aryl methyl sites for hydroxylation is 1. The summed E-state index contributed by atoms with van der Waals surface area (Å²) in [4.78, 5) is 42.4. The topological polar surface area (TPSA) is 115 Å². The SMILES string of the molecule is CCC(CC)NC(=O)C1CN(C(=O)CCc2c(C)[nH]c(=O)c(C#N)c2C)c2ccccc2O1. The van der Waals surface area contributed by atoms with Gasteiger partial charge in [0, 0.05) is 18.2 Å². The number of pyridine rings is 1. The molecule has 1 aliphatic rings. The Morgan fingerprint density at radius 2 is 1.97 bits per heavy atom. The summed E-state index contributed by atoms with van der Waals surface area (Å²) in [7, 11) is 0. The molecule has 1 unspecified atom stereocenters. The second-order valence-electron chi connectivity index (χ2n) is 8.27. The number of aromatic amines is 1. The molecule has 0 fully saturated rings. The van der Waals surface area contributed by atoms with Crippen molar-refractivity contribution < 1.29 is 14.3 Å². The van der Waals surface area contributed by atoms with Crippen molar-refractivity contribution in [1.29, 1.82) is 5.26 Å². The van der Waals surface area contributed by atoms with Gasteiger partial charge in [-0.25, -0.2) is 0 Å². The number of nitrogens with zero attached hydrogens (tertiary/aromatic N) is 2. The van der Waals surface area contributed by atoms with Crippen molar-refractivity contribution in [2.45, 2.75) is 65.5 Å². The van der Waals surface area contributed by atoms with E-state index in [4.69, 9.17) is 4.74 Å². The van der Waals surface area contributed by atoms with Crippen molar-refractivity contribution in [3.05, 3.63) is 57.0 Å². The zero-order chi connectivity index (χ0) is 24.1. The smallest absolute Gasteiger partial charge is 0.266 e. The number of nitriles is 1. The van der Waals surface area contributed by atoms with E-state index in [-0.39, 0.29) is 36.4 Å². The Kier molecular flexibility index (Phi) is 7.54. The highest BCUT2D eigenvalue weighted by Gasteiger charge is 2.34. The number of amides is 2. The lowest BCUT2D eigenvalue weighted by Crippen LogP contribution is -2.52. The van der Waals surface area contributed by atoms with Gasteiger partial charge in [-0.05, 0) is 56.4 Å². The molecule has 8 heteroatoms. The predicted molar refractivity (Wildman–Crippen MR) is 125 cm³/mol. The minimum absolute atomic E-state index is 0.0583. The van der Waals surface area contributed by atoms with Gasteiger partial charge in [0.2, 0.25) is 5.91 Å². The van der Waals surface area contributed by atoms with Gasteiger partial charge in [0.05, 0.1) is 12.2 Å². The standard InChI is InChI=1S/C25H30N4O4/c1-5-17(6-2)28-25(32)22-14-29(20-9-7-8-10-21(20)33-22)23(30)12-11-18-15(3)19(13-26)24(31)27-16(18)4/h7-10,17,22H,5-6,11-12,14H2,1-4H3,(H,27,31)(H,28,32). The van der Waals surface area contributed by atoms with Gasteiger partial charge in [0.25, 0.3) is 11.5 Å². The molecule has 0 saturated carbocycles. The van der Waals surface area contributed by atoms with E-state index in [1.165, 1.54) is 0 Å². The molecule has 1 aromatic heterocycles. The van der Waals surface area contributed by atoms with Gasteiger partial charge in [0.1, 0.15) is 17.4 Å². The van der Waals surface area contributed by atoms with E-state index >= 15 is 0 Å². The second-order valence-corrected chi connectivity index (χ2v) is 8.27. The Hall–Kier alpha value is -3.60. The lowest BCUT2D eigenvalue weighted by atomic mass is 9.98. The fourth-order valence-corrected chi connectivity index (χ4v) is 4.18. The summed E-state index contributed by atoms with van der Waals surface area (Å²) in [5.41, 5.74) is 2.30. The van der Waals surface area contributed by atoms with Crippen LogP contribution in [0.15, 0.2) is 29.1 Å². The molecule has 2 N–H and O–H groups in total. The van der Waals surface area contributed by atoms with Gasteiger partial charge < -0.3 is 19.9 Å². The molecule has 2 aromatic rings. The van der Waals surface area contributed by atoms with E-state index < -0.39 is 11.7 Å². The number of rotatable bonds is 7. The molecule has 0 saturated heterocycles. The largest absolute Gasteiger partial charge is 0.477 e. The lowest BCUT2D eigenvalue weighted by Gasteiger charge is -2.35. The first-order valence-corrected chi connectivity index (χ1v) is 11.3. The first-order chi connectivity index (χ1) is 15.8. The number of benzene rings is 1. The molecule has 1 atom stereocenters. The molecule has 2 amide bonds. The fourth-order valence-electron chi connectivity index (χ4n) is 4.18. The Labute approximate surface area is 193 Å². The number of nitrogens with one attached hydrogen (secondary N) is 2. The summed E-state index contributed by atoms with van der Waals surface area (Å²) in [5, 5.41) is 12.3. The molecule has 8 nitrogen and oxygen atoms in total. The molecule has 0 bridgehead atoms. The van der Waals surface area contributed by atoms with E-state index in [1.54, 1.807) is 36.9 Å². The average Bonchev–Trinajstić information content (AvgIpc) is 2.81. The lowest BCUT2D eigenvalue weighted by molar-refractivity contribution is -0.129. The highest BCUT2D eigenvalue weighted by molar-refractivity contribution is 5.97. The number of H-pyrrole nitrogens is 1. The third-order valence-electron chi connectivity index (χ3n) is 6.21. The molecule has 2 heterocycles. The van der Waals surface area contributed by atoms with Crippen LogP contribution < -0.4 is 20.5 Å². The number of fused-ring (bicyclic) bond motifs is 1. The van der Waals surface area contributed by atoms with Crippen LogP contribution in [0, 0.1) is 25.2 Å². The van der Waals surface area contributed by atoms with E-state index in [0.29, 0.717) is 29.1 Å². The first kappa shape index (κ1) is 24.1. The Morgan fingerprint density at radius 3 is 2.64 bits per heavy atom. The van der Waals surface area contributed by atoms with Crippen LogP contribution >= 0.6 is 0 Å². The van der Waals surface area contributed by atoms with Crippen molar-refractivity contribution in [2.75, 3.05) is 11.4 Å². The van der Waals surface area contributed by atoms with Crippen molar-refractivity contribution in [2.24, 2.45) is 0 Å². The summed E-state index contributed by atoms with van der Waals surface area (Å²) < 4.78 is 5.93. The molecule has 1 aliphatic heterocycles. The quantitative estimate of drug-likeness (QED) is 0.673. The van der Waals surface area contributed by atoms with Gasteiger partial charge in [-0.15, -0.1) is 0 Å². The van der Waals surface area contributed by atoms with Crippen molar-refractivity contribution in [1.82, 2.24) is 10.3 Å². The van der Waals surface area contributed by atoms with E-state index in [0.717, 1.165) is 18.4 Å². The average molecular weight is 451 g/mol. The van der Waals surface area contributed by atoms with E-state index in [1.807, 2.05) is 26.0 Å². The second kappa shape index (κ2) is 10.3. The highest BCUT2D eigenvalue weighted by atomic mass is 16.5. The fraction of sp³-hybridized carbons (Fsp3) is 0.440. The normalized spacial score (nSPS) is 14.9. The van der Waals surface area contributed by atoms with Gasteiger partial charge in [-0.2, -0.15) is 5.26 Å². The Bertz CT molecular complexity index is 1140. The van der Waals surface area contributed by atoms with Crippen molar-refractivity contribution in [3.63, 3.8) is 0 Å². The maximum Gasteiger partial charge on any atom is 0.266 e. The Morgan fingerprint density at radius 1 is 1.27 bits per heavy atom. The first-order valence-electron chi connectivity index (χ1n) is 11.3. The van der Waals surface area contributed by atoms with Crippen molar-refractivity contribution >= 4 is 17.5 Å². The van der Waals surface area contributed by atoms with Crippen LogP contribution in [0.4, 0.5) is 5.69 Å². The molecule has 3 rings (SSSR count). The predicted octanol–water partition coefficient (Wildman–Crippen LogP) is 2.90. The molecule has 0 spiro atoms. The number of para-hydroxylation sites is 2. The Balaban J connectivity index is 1.81. The monoisotopic (exact) mass is 450 g/mol. The van der Waals surface area contributed by atoms with Crippen LogP contribution in [0.2, 0.25) is 0 Å². The highest BCUT2D eigenvalue weighted by Crippen LogP contribution is 2.34. The summed E-state index contributed by atoms with van der Waals surface area (Å²) in [5.74, 6) is 0.0987. The molecule has 1 aromatic carbocycles. The molecule has 174 valence electrons. The maximum atomic E-state index is 13.3. The van der Waals surface area contributed by atoms with Gasteiger partial charge in [-0.1, -0.05) is 26.0 Å². The number of ether oxygens (including phenoxy) is 1. The summed E-state index contributed by atoms with van der Waals surface area (Å²) in [6.45, 7) is 7.63. The number of carbonyl (C=O) groups is 2. The number of hydrogen-bond acceptors (Lipinski definition) is 5. The van der Waals surface area contributed by atoms with Crippen LogP contribution in [0.5, 0.6) is 5.75 Å². The van der Waals surface area contributed by atoms with Crippen LogP contribution in [0.25, 0.3) is 0 Å². The molecule has 0 aliphatic carbocycles. The van der Waals surface area contributed by atoms with Crippen LogP contribution in [-0.2, 0) is 16.0 Å². The van der Waals surface area contributed by atoms with Crippen LogP contribution in [0.1, 0.15) is 55.5 Å². The number of carbonyl (C=O) groups excluding carboxylic acids is 2. The van der Waals surface area contributed by atoms with Gasteiger partial charge in [-0.3, -0.25) is 14.4 Å². The zero-order valence-corrected chi connectivity index (χ0v) is 19.5. The zero-order valence-electron chi connectivity index (χ0n) is 19.5.